The molecule has 2 aliphatic carbocycles. The van der Waals surface area contributed by atoms with Gasteiger partial charge in [0, 0.05) is 30.1 Å². The second-order valence-electron chi connectivity index (χ2n) is 10.6. The standard InChI is InChI=1S/C30H39F2N5O3/c1-17(2)23(36-27(38)25-26(28(39)40-6)30(25,31)32)13-12-18(3)19(4)22(20(5)33)16-35-29-34-15-14-24(37-29)21-10-8-7-9-11-21/h12-15,21,25-26H,1,7-11,16,33H2,2-6H3,(H,34,35,37)/b13-12-,19-18-,22-20-,36-23?. The Morgan fingerprint density at radius 2 is 1.85 bits per heavy atom. The number of nitrogens with one attached hydrogen (secondary N) is 1. The maximum Gasteiger partial charge on any atom is 0.315 e. The fraction of sp³-hybridized carbons (Fsp3) is 0.500. The third-order valence-electron chi connectivity index (χ3n) is 7.58. The molecule has 2 atom stereocenters. The predicted octanol–water partition coefficient (Wildman–Crippen LogP) is 5.66. The third kappa shape index (κ3) is 7.28. The molecule has 216 valence electrons. The molecule has 0 aromatic carbocycles. The highest BCUT2D eigenvalue weighted by molar-refractivity contribution is 6.13. The number of nitrogens with two attached hydrogens (primary N) is 1. The van der Waals surface area contributed by atoms with Crippen LogP contribution >= 0.6 is 0 Å². The summed E-state index contributed by atoms with van der Waals surface area (Å²) in [6, 6.07) is 1.98. The molecule has 3 N–H and O–H groups in total. The van der Waals surface area contributed by atoms with Gasteiger partial charge in [-0.15, -0.1) is 0 Å². The van der Waals surface area contributed by atoms with Crippen LogP contribution in [0.2, 0.25) is 0 Å². The number of halogens is 2. The van der Waals surface area contributed by atoms with Crippen LogP contribution in [-0.4, -0.2) is 47.1 Å². The lowest BCUT2D eigenvalue weighted by atomic mass is 9.87. The number of hydrogen-bond donors (Lipinski definition) is 2. The maximum absolute atomic E-state index is 14.0. The van der Waals surface area contributed by atoms with Gasteiger partial charge in [0.15, 0.2) is 0 Å². The highest BCUT2D eigenvalue weighted by Crippen LogP contribution is 2.56. The Hall–Kier alpha value is -3.69. The van der Waals surface area contributed by atoms with E-state index >= 15 is 0 Å². The molecule has 1 amide bonds. The first kappa shape index (κ1) is 30.8. The quantitative estimate of drug-likeness (QED) is 0.217. The van der Waals surface area contributed by atoms with Crippen LogP contribution in [0, 0.1) is 11.8 Å². The van der Waals surface area contributed by atoms with Crippen LogP contribution < -0.4 is 11.1 Å². The van der Waals surface area contributed by atoms with E-state index in [0.717, 1.165) is 42.4 Å². The molecule has 1 heterocycles. The first-order chi connectivity index (χ1) is 18.9. The first-order valence-electron chi connectivity index (χ1n) is 13.5. The minimum absolute atomic E-state index is 0.143. The molecule has 3 rings (SSSR count). The Balaban J connectivity index is 1.74. The number of ether oxygens (including phenoxy) is 1. The first-order valence-corrected chi connectivity index (χ1v) is 13.5. The fourth-order valence-corrected chi connectivity index (χ4v) is 4.90. The van der Waals surface area contributed by atoms with Gasteiger partial charge < -0.3 is 15.8 Å². The van der Waals surface area contributed by atoms with Crippen LogP contribution in [0.15, 0.2) is 64.0 Å². The molecule has 8 nitrogen and oxygen atoms in total. The Bertz CT molecular complexity index is 1270. The molecule has 2 fully saturated rings. The van der Waals surface area contributed by atoms with Crippen LogP contribution in [0.25, 0.3) is 0 Å². The minimum atomic E-state index is -3.48. The Morgan fingerprint density at radius 3 is 2.45 bits per heavy atom. The molecule has 10 heteroatoms. The highest BCUT2D eigenvalue weighted by Gasteiger charge is 2.76. The van der Waals surface area contributed by atoms with Crippen LogP contribution in [0.5, 0.6) is 0 Å². The van der Waals surface area contributed by atoms with Crippen molar-refractivity contribution in [2.75, 3.05) is 19.0 Å². The number of aromatic nitrogens is 2. The summed E-state index contributed by atoms with van der Waals surface area (Å²) in [5.74, 6) is -8.33. The molecule has 0 aliphatic heterocycles. The number of methoxy groups -OCH3 is 1. The van der Waals surface area contributed by atoms with Crippen molar-refractivity contribution < 1.29 is 23.1 Å². The fourth-order valence-electron chi connectivity index (χ4n) is 4.90. The molecule has 0 spiro atoms. The van der Waals surface area contributed by atoms with Crippen molar-refractivity contribution in [3.63, 3.8) is 0 Å². The van der Waals surface area contributed by atoms with Crippen molar-refractivity contribution in [1.82, 2.24) is 9.97 Å². The summed E-state index contributed by atoms with van der Waals surface area (Å²) in [6.45, 7) is 11.4. The van der Waals surface area contributed by atoms with Gasteiger partial charge in [0.25, 0.3) is 11.8 Å². The summed E-state index contributed by atoms with van der Waals surface area (Å²) in [4.78, 5) is 37.0. The summed E-state index contributed by atoms with van der Waals surface area (Å²) in [6.07, 6.45) is 11.1. The molecular formula is C30H39F2N5O3. The number of rotatable bonds is 10. The average Bonchev–Trinajstić information content (AvgIpc) is 3.52. The summed E-state index contributed by atoms with van der Waals surface area (Å²) < 4.78 is 32.4. The lowest BCUT2D eigenvalue weighted by molar-refractivity contribution is -0.145. The van der Waals surface area contributed by atoms with Crippen LogP contribution in [0.3, 0.4) is 0 Å². The lowest BCUT2D eigenvalue weighted by Crippen LogP contribution is -2.15. The van der Waals surface area contributed by atoms with Crippen molar-refractivity contribution in [3.05, 3.63) is 64.7 Å². The number of carbonyl (C=O) groups is 2. The van der Waals surface area contributed by atoms with Crippen LogP contribution in [0.4, 0.5) is 14.7 Å². The topological polar surface area (TPSA) is 120 Å². The Morgan fingerprint density at radius 1 is 1.18 bits per heavy atom. The second-order valence-corrected chi connectivity index (χ2v) is 10.6. The summed E-state index contributed by atoms with van der Waals surface area (Å²) in [5.41, 5.74) is 11.0. The number of carbonyl (C=O) groups excluding carboxylic acids is 2. The van der Waals surface area contributed by atoms with E-state index in [1.54, 1.807) is 25.3 Å². The zero-order valence-corrected chi connectivity index (χ0v) is 23.9. The number of hydrogen-bond acceptors (Lipinski definition) is 7. The van der Waals surface area contributed by atoms with E-state index in [2.05, 4.69) is 26.6 Å². The number of esters is 1. The van der Waals surface area contributed by atoms with E-state index in [1.165, 1.54) is 19.3 Å². The largest absolute Gasteiger partial charge is 0.469 e. The Labute approximate surface area is 234 Å². The summed E-state index contributed by atoms with van der Waals surface area (Å²) >= 11 is 0. The van der Waals surface area contributed by atoms with Crippen molar-refractivity contribution in [1.29, 1.82) is 0 Å². The number of amides is 1. The minimum Gasteiger partial charge on any atom is -0.469 e. The van der Waals surface area contributed by atoms with Crippen molar-refractivity contribution in [2.45, 2.75) is 71.6 Å². The van der Waals surface area contributed by atoms with E-state index in [-0.39, 0.29) is 5.71 Å². The molecule has 2 unspecified atom stereocenters. The van der Waals surface area contributed by atoms with Crippen LogP contribution in [0.1, 0.15) is 71.4 Å². The zero-order chi connectivity index (χ0) is 29.6. The highest BCUT2D eigenvalue weighted by atomic mass is 19.3. The molecular weight excluding hydrogens is 516 g/mol. The van der Waals surface area contributed by atoms with Gasteiger partial charge in [-0.1, -0.05) is 31.9 Å². The summed E-state index contributed by atoms with van der Waals surface area (Å²) in [5, 5.41) is 3.29. The van der Waals surface area contributed by atoms with Gasteiger partial charge >= 0.3 is 5.97 Å². The number of anilines is 1. The van der Waals surface area contributed by atoms with E-state index in [0.29, 0.717) is 29.7 Å². The third-order valence-corrected chi connectivity index (χ3v) is 7.58. The molecule has 1 aromatic rings. The monoisotopic (exact) mass is 555 g/mol. The lowest BCUT2D eigenvalue weighted by Gasteiger charge is -2.21. The van der Waals surface area contributed by atoms with Crippen molar-refractivity contribution in [2.24, 2.45) is 22.6 Å². The number of allylic oxidation sites excluding steroid dienone is 5. The number of nitrogens with zero attached hydrogens (tertiary/aromatic N) is 3. The molecule has 2 aliphatic rings. The van der Waals surface area contributed by atoms with Gasteiger partial charge in [0.2, 0.25) is 5.95 Å². The molecule has 0 radical (unpaired) electrons. The van der Waals surface area contributed by atoms with Gasteiger partial charge in [0.1, 0.15) is 11.8 Å². The van der Waals surface area contributed by atoms with E-state index < -0.39 is 29.6 Å². The molecule has 1 aromatic heterocycles. The maximum atomic E-state index is 14.0. The van der Waals surface area contributed by atoms with Gasteiger partial charge in [0.05, 0.1) is 12.8 Å². The van der Waals surface area contributed by atoms with E-state index in [4.69, 9.17) is 10.7 Å². The molecule has 0 bridgehead atoms. The summed E-state index contributed by atoms with van der Waals surface area (Å²) in [7, 11) is 1.00. The zero-order valence-electron chi connectivity index (χ0n) is 23.9. The SMILES string of the molecule is C=C(C)C(\C=C/C(C)=C(C)\C(CNc1nccc(C2CCCCC2)n1)=C(\C)N)=NC(=O)C1C(C(=O)OC)C1(F)F. The second kappa shape index (κ2) is 13.1. The van der Waals surface area contributed by atoms with Gasteiger partial charge in [-0.25, -0.2) is 23.7 Å². The molecule has 40 heavy (non-hydrogen) atoms. The van der Waals surface area contributed by atoms with Crippen molar-refractivity contribution in [3.8, 4) is 0 Å². The predicted molar refractivity (Wildman–Crippen MR) is 152 cm³/mol. The van der Waals surface area contributed by atoms with Crippen LogP contribution in [-0.2, 0) is 14.3 Å². The normalized spacial score (nSPS) is 22.3. The van der Waals surface area contributed by atoms with E-state index in [9.17, 15) is 18.4 Å². The van der Waals surface area contributed by atoms with Gasteiger partial charge in [-0.05, 0) is 75.0 Å². The van der Waals surface area contributed by atoms with Crippen molar-refractivity contribution >= 4 is 23.5 Å². The van der Waals surface area contributed by atoms with Gasteiger partial charge in [-0.3, -0.25) is 9.59 Å². The average molecular weight is 556 g/mol. The number of alkyl halides is 2. The smallest absolute Gasteiger partial charge is 0.315 e. The Kier molecular flexibility index (Phi) is 10.1. The van der Waals surface area contributed by atoms with E-state index in [1.807, 2.05) is 26.8 Å². The van der Waals surface area contributed by atoms with Gasteiger partial charge in [-0.2, -0.15) is 0 Å². The molecule has 2 saturated carbocycles. The number of aliphatic imine (C=N–C) groups is 1. The molecule has 0 saturated heterocycles.